The molecule has 0 saturated carbocycles. The van der Waals surface area contributed by atoms with Gasteiger partial charge in [-0.05, 0) is 29.1 Å². The van der Waals surface area contributed by atoms with Crippen LogP contribution in [0.15, 0.2) is 12.2 Å². The van der Waals surface area contributed by atoms with Crippen molar-refractivity contribution in [3.8, 4) is 11.5 Å². The molecule has 2 N–H and O–H groups in total. The highest BCUT2D eigenvalue weighted by molar-refractivity contribution is 7.84. The molecule has 0 saturated heterocycles. The maximum Gasteiger partial charge on any atom is 0.333 e. The van der Waals surface area contributed by atoms with Gasteiger partial charge in [0.05, 0.1) is 6.61 Å². The predicted octanol–water partition coefficient (Wildman–Crippen LogP) is 3.37. The summed E-state index contributed by atoms with van der Waals surface area (Å²) >= 11 is 0. The SMILES string of the molecule is CC(C)[Si](C#CC=CCCOS(N)(=O)=O)(C(C)C)C(C)C. The fourth-order valence-electron chi connectivity index (χ4n) is 2.97. The predicted molar refractivity (Wildman–Crippen MR) is 91.6 cm³/mol. The maximum atomic E-state index is 10.6. The molecule has 0 atom stereocenters. The Hall–Kier alpha value is -0.613. The second-order valence-electron chi connectivity index (χ2n) is 6.17. The van der Waals surface area contributed by atoms with Crippen LogP contribution in [-0.4, -0.2) is 23.1 Å². The molecule has 0 aliphatic heterocycles. The zero-order valence-corrected chi connectivity index (χ0v) is 15.8. The zero-order valence-electron chi connectivity index (χ0n) is 14.0. The molecule has 0 aromatic heterocycles. The van der Waals surface area contributed by atoms with E-state index in [1.165, 1.54) is 0 Å². The molecule has 0 unspecified atom stereocenters. The number of rotatable bonds is 7. The molecule has 0 heterocycles. The maximum absolute atomic E-state index is 10.6. The normalized spacial score (nSPS) is 13.2. The topological polar surface area (TPSA) is 69.4 Å². The van der Waals surface area contributed by atoms with Crippen molar-refractivity contribution in [2.75, 3.05) is 6.61 Å². The van der Waals surface area contributed by atoms with Gasteiger partial charge in [0, 0.05) is 0 Å². The number of nitrogens with two attached hydrogens (primary N) is 1. The Balaban J connectivity index is 4.77. The summed E-state index contributed by atoms with van der Waals surface area (Å²) in [6.45, 7) is 13.7. The largest absolute Gasteiger partial charge is 0.333 e. The summed E-state index contributed by atoms with van der Waals surface area (Å²) in [7, 11) is -5.52. The van der Waals surface area contributed by atoms with Crippen molar-refractivity contribution >= 4 is 18.4 Å². The lowest BCUT2D eigenvalue weighted by atomic mass is 10.4. The highest BCUT2D eigenvalue weighted by Gasteiger charge is 2.41. The molecular weight excluding hydrogens is 302 g/mol. The fourth-order valence-corrected chi connectivity index (χ4v) is 8.50. The summed E-state index contributed by atoms with van der Waals surface area (Å²) in [5.41, 5.74) is 5.36. The monoisotopic (exact) mass is 331 g/mol. The molecule has 0 aliphatic rings. The van der Waals surface area contributed by atoms with Gasteiger partial charge in [0.2, 0.25) is 0 Å². The van der Waals surface area contributed by atoms with Crippen molar-refractivity contribution in [1.29, 1.82) is 0 Å². The molecule has 4 nitrogen and oxygen atoms in total. The van der Waals surface area contributed by atoms with E-state index >= 15 is 0 Å². The Kier molecular flexibility index (Phi) is 8.48. The van der Waals surface area contributed by atoms with Crippen LogP contribution in [0.2, 0.25) is 16.6 Å². The smallest absolute Gasteiger partial charge is 0.258 e. The lowest BCUT2D eigenvalue weighted by Crippen LogP contribution is -2.43. The minimum atomic E-state index is -3.84. The van der Waals surface area contributed by atoms with E-state index in [1.807, 2.05) is 6.08 Å². The summed E-state index contributed by atoms with van der Waals surface area (Å²) in [6, 6.07) is 0. The van der Waals surface area contributed by atoms with Crippen molar-refractivity contribution in [1.82, 2.24) is 0 Å². The summed E-state index contributed by atoms with van der Waals surface area (Å²) in [6.07, 6.45) is 4.09. The quantitative estimate of drug-likeness (QED) is 0.442. The average molecular weight is 332 g/mol. The molecule has 21 heavy (non-hydrogen) atoms. The minimum Gasteiger partial charge on any atom is -0.258 e. The first kappa shape index (κ1) is 20.4. The van der Waals surface area contributed by atoms with Crippen LogP contribution in [0.3, 0.4) is 0 Å². The molecule has 0 fully saturated rings. The highest BCUT2D eigenvalue weighted by Crippen LogP contribution is 2.40. The van der Waals surface area contributed by atoms with Crippen LogP contribution >= 0.6 is 0 Å². The van der Waals surface area contributed by atoms with Gasteiger partial charge in [-0.1, -0.05) is 53.5 Å². The fraction of sp³-hybridized carbons (Fsp3) is 0.733. The standard InChI is InChI=1S/C15H29NO3SSi/c1-13(2)21(14(3)4,15(5)6)12-10-8-7-9-11-19-20(16,17)18/h7-8,13-15H,9,11H2,1-6H3,(H2,16,17,18). The van der Waals surface area contributed by atoms with Gasteiger partial charge in [0.1, 0.15) is 8.07 Å². The summed E-state index contributed by atoms with van der Waals surface area (Å²) in [5, 5.41) is 4.74. The van der Waals surface area contributed by atoms with Crippen LogP contribution in [0.4, 0.5) is 0 Å². The van der Waals surface area contributed by atoms with Crippen LogP contribution in [0, 0.1) is 11.5 Å². The Morgan fingerprint density at radius 2 is 1.57 bits per heavy atom. The number of hydrogen-bond donors (Lipinski definition) is 1. The highest BCUT2D eigenvalue weighted by atomic mass is 32.2. The van der Waals surface area contributed by atoms with Crippen molar-refractivity contribution < 1.29 is 12.6 Å². The number of hydrogen-bond acceptors (Lipinski definition) is 3. The van der Waals surface area contributed by atoms with Crippen molar-refractivity contribution in [2.45, 2.75) is 64.6 Å². The zero-order chi connectivity index (χ0) is 16.7. The van der Waals surface area contributed by atoms with Crippen LogP contribution < -0.4 is 5.14 Å². The molecule has 0 amide bonds. The number of allylic oxidation sites excluding steroid dienone is 1. The Morgan fingerprint density at radius 1 is 1.10 bits per heavy atom. The van der Waals surface area contributed by atoms with Gasteiger partial charge in [-0.3, -0.25) is 4.18 Å². The van der Waals surface area contributed by atoms with E-state index in [0.717, 1.165) is 0 Å². The molecule has 0 spiro atoms. The van der Waals surface area contributed by atoms with Gasteiger partial charge in [-0.25, -0.2) is 5.14 Å². The molecular formula is C15H29NO3SSi. The van der Waals surface area contributed by atoms with Gasteiger partial charge in [0.25, 0.3) is 0 Å². The van der Waals surface area contributed by atoms with Crippen LogP contribution in [-0.2, 0) is 14.5 Å². The van der Waals surface area contributed by atoms with E-state index in [1.54, 1.807) is 6.08 Å². The van der Waals surface area contributed by atoms with Crippen LogP contribution in [0.1, 0.15) is 48.0 Å². The summed E-state index contributed by atoms with van der Waals surface area (Å²) < 4.78 is 25.6. The molecule has 0 aromatic carbocycles. The van der Waals surface area contributed by atoms with Crippen molar-refractivity contribution in [3.63, 3.8) is 0 Å². The first-order valence-corrected chi connectivity index (χ1v) is 11.1. The minimum absolute atomic E-state index is 0.0537. The van der Waals surface area contributed by atoms with Gasteiger partial charge >= 0.3 is 10.3 Å². The average Bonchev–Trinajstić information content (AvgIpc) is 2.29. The van der Waals surface area contributed by atoms with E-state index in [-0.39, 0.29) is 6.61 Å². The van der Waals surface area contributed by atoms with E-state index in [2.05, 4.69) is 57.2 Å². The molecule has 0 rings (SSSR count). The first-order chi connectivity index (χ1) is 9.54. The van der Waals surface area contributed by atoms with Crippen molar-refractivity contribution in [3.05, 3.63) is 12.2 Å². The summed E-state index contributed by atoms with van der Waals surface area (Å²) in [4.78, 5) is 0. The molecule has 122 valence electrons. The molecule has 0 bridgehead atoms. The third-order valence-corrected chi connectivity index (χ3v) is 10.7. The third kappa shape index (κ3) is 6.79. The van der Waals surface area contributed by atoms with Gasteiger partial charge in [0.15, 0.2) is 0 Å². The van der Waals surface area contributed by atoms with Gasteiger partial charge in [-0.2, -0.15) is 8.42 Å². The Morgan fingerprint density at radius 3 is 1.95 bits per heavy atom. The Labute approximate surface area is 131 Å². The molecule has 6 heteroatoms. The van der Waals surface area contributed by atoms with E-state index in [0.29, 0.717) is 23.0 Å². The van der Waals surface area contributed by atoms with Crippen molar-refractivity contribution in [2.24, 2.45) is 5.14 Å². The van der Waals surface area contributed by atoms with Crippen LogP contribution in [0.25, 0.3) is 0 Å². The molecule has 0 aromatic rings. The van der Waals surface area contributed by atoms with E-state index in [9.17, 15) is 8.42 Å². The van der Waals surface area contributed by atoms with E-state index < -0.39 is 18.4 Å². The second-order valence-corrected chi connectivity index (χ2v) is 13.0. The van der Waals surface area contributed by atoms with E-state index in [4.69, 9.17) is 5.14 Å². The van der Waals surface area contributed by atoms with Crippen LogP contribution in [0.5, 0.6) is 0 Å². The summed E-state index contributed by atoms with van der Waals surface area (Å²) in [5.74, 6) is 3.16. The lowest BCUT2D eigenvalue weighted by Gasteiger charge is -2.37. The lowest BCUT2D eigenvalue weighted by molar-refractivity contribution is 0.325. The molecule has 0 radical (unpaired) electrons. The molecule has 0 aliphatic carbocycles. The van der Waals surface area contributed by atoms with Gasteiger partial charge in [-0.15, -0.1) is 5.54 Å². The second kappa shape index (κ2) is 8.74. The first-order valence-electron chi connectivity index (χ1n) is 7.38. The Bertz CT molecular complexity index is 477. The third-order valence-electron chi connectivity index (χ3n) is 3.89. The van der Waals surface area contributed by atoms with Gasteiger partial charge < -0.3 is 0 Å².